The van der Waals surface area contributed by atoms with Gasteiger partial charge in [0.15, 0.2) is 5.78 Å². The second-order valence-corrected chi connectivity index (χ2v) is 3.69. The molecule has 0 saturated carbocycles. The molecule has 0 bridgehead atoms. The molecule has 0 heterocycles. The largest absolute Gasteiger partial charge is 0.501 e. The molecule has 0 aromatic rings. The molecule has 4 heteroatoms. The summed E-state index contributed by atoms with van der Waals surface area (Å²) in [5.41, 5.74) is -0.772. The van der Waals surface area contributed by atoms with E-state index in [1.807, 2.05) is 0 Å². The van der Waals surface area contributed by atoms with Gasteiger partial charge in [-0.15, -0.1) is 0 Å². The first-order valence-electron chi connectivity index (χ1n) is 4.37. The lowest BCUT2D eigenvalue weighted by Crippen LogP contribution is -2.34. The first-order valence-corrected chi connectivity index (χ1v) is 4.37. The summed E-state index contributed by atoms with van der Waals surface area (Å²) in [4.78, 5) is 22.7. The van der Waals surface area contributed by atoms with Gasteiger partial charge in [-0.05, 0) is 6.92 Å². The summed E-state index contributed by atoms with van der Waals surface area (Å²) in [6, 6.07) is 0. The normalized spacial score (nSPS) is 26.8. The molecular weight excluding hydrogens is 184 g/mol. The van der Waals surface area contributed by atoms with Crippen LogP contribution in [0.3, 0.4) is 0 Å². The van der Waals surface area contributed by atoms with Crippen LogP contribution in [0.15, 0.2) is 11.8 Å². The minimum Gasteiger partial charge on any atom is -0.501 e. The monoisotopic (exact) mass is 198 g/mol. The first-order chi connectivity index (χ1) is 6.51. The SMILES string of the molecule is COC(=O)C1(C)CC(=O)C=C(OC)C1. The fourth-order valence-corrected chi connectivity index (χ4v) is 1.64. The standard InChI is InChI=1S/C10H14O4/c1-10(9(12)14-3)5-7(11)4-8(6-10)13-2/h4H,5-6H2,1-3H3. The minimum atomic E-state index is -0.772. The molecule has 1 unspecified atom stereocenters. The maximum atomic E-state index is 11.4. The molecule has 0 aromatic heterocycles. The molecule has 0 saturated heterocycles. The Balaban J connectivity index is 2.90. The van der Waals surface area contributed by atoms with E-state index in [1.54, 1.807) is 6.92 Å². The molecule has 1 aliphatic carbocycles. The maximum Gasteiger partial charge on any atom is 0.312 e. The lowest BCUT2D eigenvalue weighted by molar-refractivity contribution is -0.154. The molecule has 0 fully saturated rings. The summed E-state index contributed by atoms with van der Waals surface area (Å²) in [7, 11) is 2.81. The average Bonchev–Trinajstić information content (AvgIpc) is 2.15. The number of hydrogen-bond acceptors (Lipinski definition) is 4. The molecule has 0 aromatic carbocycles. The summed E-state index contributed by atoms with van der Waals surface area (Å²) in [6.07, 6.45) is 2.04. The van der Waals surface area contributed by atoms with Gasteiger partial charge in [0, 0.05) is 18.9 Å². The zero-order valence-electron chi connectivity index (χ0n) is 8.62. The van der Waals surface area contributed by atoms with Gasteiger partial charge in [0.25, 0.3) is 0 Å². The molecular formula is C10H14O4. The maximum absolute atomic E-state index is 11.4. The molecule has 4 nitrogen and oxygen atoms in total. The van der Waals surface area contributed by atoms with Crippen molar-refractivity contribution < 1.29 is 19.1 Å². The second kappa shape index (κ2) is 3.82. The van der Waals surface area contributed by atoms with Gasteiger partial charge in [0.2, 0.25) is 0 Å². The molecule has 0 radical (unpaired) electrons. The van der Waals surface area contributed by atoms with Crippen molar-refractivity contribution in [3.63, 3.8) is 0 Å². The van der Waals surface area contributed by atoms with Gasteiger partial charge < -0.3 is 9.47 Å². The molecule has 1 aliphatic rings. The Bertz CT molecular complexity index is 292. The van der Waals surface area contributed by atoms with Crippen LogP contribution in [0.25, 0.3) is 0 Å². The van der Waals surface area contributed by atoms with E-state index in [2.05, 4.69) is 4.74 Å². The van der Waals surface area contributed by atoms with E-state index in [0.29, 0.717) is 12.2 Å². The third kappa shape index (κ3) is 1.95. The molecule has 0 spiro atoms. The number of esters is 1. The predicted molar refractivity (Wildman–Crippen MR) is 49.5 cm³/mol. The van der Waals surface area contributed by atoms with Crippen LogP contribution in [0.2, 0.25) is 0 Å². The highest BCUT2D eigenvalue weighted by atomic mass is 16.5. The van der Waals surface area contributed by atoms with Crippen LogP contribution in [0.4, 0.5) is 0 Å². The molecule has 78 valence electrons. The van der Waals surface area contributed by atoms with Gasteiger partial charge in [-0.25, -0.2) is 0 Å². The number of ether oxygens (including phenoxy) is 2. The average molecular weight is 198 g/mol. The smallest absolute Gasteiger partial charge is 0.312 e. The first kappa shape index (κ1) is 10.8. The van der Waals surface area contributed by atoms with E-state index in [-0.39, 0.29) is 18.2 Å². The van der Waals surface area contributed by atoms with Crippen LogP contribution in [0.1, 0.15) is 19.8 Å². The Hall–Kier alpha value is -1.32. The highest BCUT2D eigenvalue weighted by Crippen LogP contribution is 2.35. The molecule has 1 rings (SSSR count). The van der Waals surface area contributed by atoms with Crippen molar-refractivity contribution in [2.45, 2.75) is 19.8 Å². The van der Waals surface area contributed by atoms with Gasteiger partial charge in [0.05, 0.1) is 19.6 Å². The van der Waals surface area contributed by atoms with Gasteiger partial charge >= 0.3 is 5.97 Å². The van der Waals surface area contributed by atoms with E-state index in [9.17, 15) is 9.59 Å². The fraction of sp³-hybridized carbons (Fsp3) is 0.600. The number of carbonyl (C=O) groups is 2. The molecule has 0 amide bonds. The Kier molecular flexibility index (Phi) is 2.93. The minimum absolute atomic E-state index is 0.0963. The van der Waals surface area contributed by atoms with Crippen molar-refractivity contribution in [1.29, 1.82) is 0 Å². The Labute approximate surface area is 82.9 Å². The van der Waals surface area contributed by atoms with E-state index in [4.69, 9.17) is 4.74 Å². The highest BCUT2D eigenvalue weighted by molar-refractivity contribution is 5.95. The summed E-state index contributed by atoms with van der Waals surface area (Å²) in [5.74, 6) is 0.0728. The summed E-state index contributed by atoms with van der Waals surface area (Å²) < 4.78 is 9.64. The number of hydrogen-bond donors (Lipinski definition) is 0. The van der Waals surface area contributed by atoms with Gasteiger partial charge in [-0.3, -0.25) is 9.59 Å². The Morgan fingerprint density at radius 3 is 2.57 bits per heavy atom. The van der Waals surface area contributed by atoms with E-state index >= 15 is 0 Å². The van der Waals surface area contributed by atoms with Crippen LogP contribution < -0.4 is 0 Å². The van der Waals surface area contributed by atoms with Crippen LogP contribution in [0.5, 0.6) is 0 Å². The zero-order valence-corrected chi connectivity index (χ0v) is 8.62. The molecule has 0 aliphatic heterocycles. The molecule has 1 atom stereocenters. The van der Waals surface area contributed by atoms with Gasteiger partial charge in [0.1, 0.15) is 5.76 Å². The van der Waals surface area contributed by atoms with Crippen LogP contribution in [0, 0.1) is 5.41 Å². The number of ketones is 1. The lowest BCUT2D eigenvalue weighted by atomic mass is 9.77. The van der Waals surface area contributed by atoms with Crippen LogP contribution in [-0.2, 0) is 19.1 Å². The van der Waals surface area contributed by atoms with Crippen LogP contribution in [-0.4, -0.2) is 26.0 Å². The van der Waals surface area contributed by atoms with E-state index in [1.165, 1.54) is 20.3 Å². The number of rotatable bonds is 2. The predicted octanol–water partition coefficient (Wildman–Crippen LogP) is 1.06. The Morgan fingerprint density at radius 1 is 1.43 bits per heavy atom. The fourth-order valence-electron chi connectivity index (χ4n) is 1.64. The molecule has 14 heavy (non-hydrogen) atoms. The topological polar surface area (TPSA) is 52.6 Å². The third-order valence-electron chi connectivity index (χ3n) is 2.39. The van der Waals surface area contributed by atoms with Crippen molar-refractivity contribution in [1.82, 2.24) is 0 Å². The lowest BCUT2D eigenvalue weighted by Gasteiger charge is -2.29. The number of carbonyl (C=O) groups excluding carboxylic acids is 2. The quantitative estimate of drug-likeness (QED) is 0.622. The summed E-state index contributed by atoms with van der Waals surface area (Å²) in [5, 5.41) is 0. The number of allylic oxidation sites excluding steroid dienone is 2. The Morgan fingerprint density at radius 2 is 2.07 bits per heavy atom. The zero-order chi connectivity index (χ0) is 10.8. The van der Waals surface area contributed by atoms with E-state index < -0.39 is 5.41 Å². The third-order valence-corrected chi connectivity index (χ3v) is 2.39. The van der Waals surface area contributed by atoms with Crippen molar-refractivity contribution in [3.8, 4) is 0 Å². The highest BCUT2D eigenvalue weighted by Gasteiger charge is 2.40. The van der Waals surface area contributed by atoms with Gasteiger partial charge in [-0.2, -0.15) is 0 Å². The van der Waals surface area contributed by atoms with Crippen molar-refractivity contribution in [2.24, 2.45) is 5.41 Å². The van der Waals surface area contributed by atoms with Gasteiger partial charge in [-0.1, -0.05) is 0 Å². The van der Waals surface area contributed by atoms with Crippen molar-refractivity contribution in [3.05, 3.63) is 11.8 Å². The summed E-state index contributed by atoms with van der Waals surface area (Å²) in [6.45, 7) is 1.71. The molecule has 0 N–H and O–H groups in total. The van der Waals surface area contributed by atoms with Crippen molar-refractivity contribution >= 4 is 11.8 Å². The second-order valence-electron chi connectivity index (χ2n) is 3.69. The van der Waals surface area contributed by atoms with E-state index in [0.717, 1.165) is 0 Å². The van der Waals surface area contributed by atoms with Crippen molar-refractivity contribution in [2.75, 3.05) is 14.2 Å². The van der Waals surface area contributed by atoms with Crippen LogP contribution >= 0.6 is 0 Å². The summed E-state index contributed by atoms with van der Waals surface area (Å²) >= 11 is 0. The number of methoxy groups -OCH3 is 2.